The summed E-state index contributed by atoms with van der Waals surface area (Å²) in [6, 6.07) is 4.80. The van der Waals surface area contributed by atoms with Crippen molar-refractivity contribution in [2.24, 2.45) is 0 Å². The molecule has 1 aromatic rings. The lowest BCUT2D eigenvalue weighted by atomic mass is 10.0. The monoisotopic (exact) mass is 293 g/mol. The zero-order valence-corrected chi connectivity index (χ0v) is 13.2. The zero-order chi connectivity index (χ0) is 16.2. The molecule has 5 heteroatoms. The molecular formula is C16H23NO4. The largest absolute Gasteiger partial charge is 0.480 e. The first-order chi connectivity index (χ1) is 9.66. The van der Waals surface area contributed by atoms with E-state index in [4.69, 9.17) is 9.84 Å². The van der Waals surface area contributed by atoms with Crippen molar-refractivity contribution in [3.8, 4) is 5.75 Å². The molecule has 0 aliphatic heterocycles. The molecule has 2 N–H and O–H groups in total. The summed E-state index contributed by atoms with van der Waals surface area (Å²) >= 11 is 0. The molecule has 0 radical (unpaired) electrons. The molecule has 0 aliphatic carbocycles. The molecule has 0 spiro atoms. The number of carboxylic acid groups (broad SMARTS) is 1. The molecule has 0 aromatic heterocycles. The van der Waals surface area contributed by atoms with Crippen molar-refractivity contribution in [2.75, 3.05) is 0 Å². The van der Waals surface area contributed by atoms with Gasteiger partial charge in [0.2, 0.25) is 0 Å². The Hall–Kier alpha value is -2.04. The Morgan fingerprint density at radius 3 is 2.52 bits per heavy atom. The number of ether oxygens (including phenoxy) is 1. The van der Waals surface area contributed by atoms with Crippen molar-refractivity contribution in [2.45, 2.75) is 52.7 Å². The van der Waals surface area contributed by atoms with Crippen LogP contribution in [-0.4, -0.2) is 28.6 Å². The van der Waals surface area contributed by atoms with Gasteiger partial charge in [-0.1, -0.05) is 13.0 Å². The van der Waals surface area contributed by atoms with Gasteiger partial charge in [-0.2, -0.15) is 0 Å². The summed E-state index contributed by atoms with van der Waals surface area (Å²) in [4.78, 5) is 23.3. The van der Waals surface area contributed by atoms with Gasteiger partial charge in [-0.25, -0.2) is 4.79 Å². The van der Waals surface area contributed by atoms with Gasteiger partial charge in [0.15, 0.2) is 6.10 Å². The highest BCUT2D eigenvalue weighted by molar-refractivity contribution is 5.91. The van der Waals surface area contributed by atoms with E-state index in [-0.39, 0.29) is 22.8 Å². The van der Waals surface area contributed by atoms with Crippen LogP contribution in [-0.2, 0) is 4.79 Å². The third kappa shape index (κ3) is 4.77. The van der Waals surface area contributed by atoms with Crippen LogP contribution in [0.15, 0.2) is 18.2 Å². The van der Waals surface area contributed by atoms with E-state index in [0.29, 0.717) is 0 Å². The summed E-state index contributed by atoms with van der Waals surface area (Å²) in [7, 11) is 0. The molecule has 1 atom stereocenters. The van der Waals surface area contributed by atoms with Gasteiger partial charge in [-0.3, -0.25) is 4.79 Å². The maximum Gasteiger partial charge on any atom is 0.339 e. The maximum atomic E-state index is 12.1. The molecule has 0 saturated carbocycles. The molecular weight excluding hydrogens is 270 g/mol. The SMILES string of the molecule is CCC(C)(C)NC(=O)C(C)Oc1cc(C)ccc1C(=O)O. The van der Waals surface area contributed by atoms with Crippen LogP contribution in [0.1, 0.15) is 50.0 Å². The molecule has 5 nitrogen and oxygen atoms in total. The summed E-state index contributed by atoms with van der Waals surface area (Å²) in [6.07, 6.45) is 0.0201. The quantitative estimate of drug-likeness (QED) is 0.845. The number of aromatic carboxylic acids is 1. The second-order valence-corrected chi connectivity index (χ2v) is 5.79. The van der Waals surface area contributed by atoms with E-state index in [1.54, 1.807) is 19.1 Å². The third-order valence-electron chi connectivity index (χ3n) is 3.39. The van der Waals surface area contributed by atoms with Crippen molar-refractivity contribution >= 4 is 11.9 Å². The van der Waals surface area contributed by atoms with Gasteiger partial charge in [0.25, 0.3) is 5.91 Å². The fourth-order valence-corrected chi connectivity index (χ4v) is 1.67. The van der Waals surface area contributed by atoms with E-state index in [2.05, 4.69) is 5.32 Å². The fourth-order valence-electron chi connectivity index (χ4n) is 1.67. The van der Waals surface area contributed by atoms with Crippen LogP contribution >= 0.6 is 0 Å². The van der Waals surface area contributed by atoms with Crippen LogP contribution in [0, 0.1) is 6.92 Å². The number of carbonyl (C=O) groups is 2. The lowest BCUT2D eigenvalue weighted by Gasteiger charge is -2.26. The average Bonchev–Trinajstić information content (AvgIpc) is 2.37. The second kappa shape index (κ2) is 6.61. The zero-order valence-electron chi connectivity index (χ0n) is 13.2. The maximum absolute atomic E-state index is 12.1. The number of nitrogens with one attached hydrogen (secondary N) is 1. The van der Waals surface area contributed by atoms with Gasteiger partial charge < -0.3 is 15.2 Å². The Morgan fingerprint density at radius 1 is 1.38 bits per heavy atom. The Balaban J connectivity index is 2.88. The number of hydrogen-bond acceptors (Lipinski definition) is 3. The summed E-state index contributed by atoms with van der Waals surface area (Å²) in [6.45, 7) is 9.27. The average molecular weight is 293 g/mol. The van der Waals surface area contributed by atoms with E-state index < -0.39 is 12.1 Å². The third-order valence-corrected chi connectivity index (χ3v) is 3.39. The number of benzene rings is 1. The second-order valence-electron chi connectivity index (χ2n) is 5.79. The molecule has 1 rings (SSSR count). The molecule has 1 aromatic carbocycles. The van der Waals surface area contributed by atoms with E-state index in [9.17, 15) is 9.59 Å². The Kier molecular flexibility index (Phi) is 5.35. The Bertz CT molecular complexity index is 537. The van der Waals surface area contributed by atoms with Gasteiger partial charge in [0.05, 0.1) is 0 Å². The molecule has 1 unspecified atom stereocenters. The van der Waals surface area contributed by atoms with Crippen molar-refractivity contribution in [1.29, 1.82) is 0 Å². The minimum atomic E-state index is -1.08. The molecule has 0 heterocycles. The van der Waals surface area contributed by atoms with E-state index in [1.807, 2.05) is 27.7 Å². The highest BCUT2D eigenvalue weighted by Gasteiger charge is 2.24. The highest BCUT2D eigenvalue weighted by atomic mass is 16.5. The predicted octanol–water partition coefficient (Wildman–Crippen LogP) is 2.77. The van der Waals surface area contributed by atoms with Crippen molar-refractivity contribution in [1.82, 2.24) is 5.32 Å². The van der Waals surface area contributed by atoms with Crippen LogP contribution in [0.3, 0.4) is 0 Å². The lowest BCUT2D eigenvalue weighted by molar-refractivity contribution is -0.129. The standard InChI is InChI=1S/C16H23NO4/c1-6-16(4,5)17-14(18)11(3)21-13-9-10(2)7-8-12(13)15(19)20/h7-9,11H,6H2,1-5H3,(H,17,18)(H,19,20). The lowest BCUT2D eigenvalue weighted by Crippen LogP contribution is -2.48. The summed E-state index contributed by atoms with van der Waals surface area (Å²) in [5.41, 5.74) is 0.600. The smallest absolute Gasteiger partial charge is 0.339 e. The molecule has 0 saturated heterocycles. The minimum absolute atomic E-state index is 0.0509. The van der Waals surface area contributed by atoms with Crippen molar-refractivity contribution in [3.05, 3.63) is 29.3 Å². The molecule has 1 amide bonds. The first kappa shape index (κ1) is 17.0. The molecule has 0 fully saturated rings. The van der Waals surface area contributed by atoms with Crippen LogP contribution in [0.25, 0.3) is 0 Å². The van der Waals surface area contributed by atoms with Crippen LogP contribution in [0.5, 0.6) is 5.75 Å². The normalized spacial score (nSPS) is 12.6. The Labute approximate surface area is 125 Å². The summed E-state index contributed by atoms with van der Waals surface area (Å²) in [5.74, 6) is -1.13. The number of hydrogen-bond donors (Lipinski definition) is 2. The fraction of sp³-hybridized carbons (Fsp3) is 0.500. The molecule has 21 heavy (non-hydrogen) atoms. The molecule has 0 bridgehead atoms. The van der Waals surface area contributed by atoms with Crippen molar-refractivity contribution < 1.29 is 19.4 Å². The molecule has 116 valence electrons. The van der Waals surface area contributed by atoms with Gasteiger partial charge in [0, 0.05) is 5.54 Å². The highest BCUT2D eigenvalue weighted by Crippen LogP contribution is 2.22. The van der Waals surface area contributed by atoms with Gasteiger partial charge in [0.1, 0.15) is 11.3 Å². The number of carbonyl (C=O) groups excluding carboxylic acids is 1. The predicted molar refractivity (Wildman–Crippen MR) is 80.7 cm³/mol. The number of amides is 1. The topological polar surface area (TPSA) is 75.6 Å². The van der Waals surface area contributed by atoms with E-state index in [1.165, 1.54) is 6.07 Å². The van der Waals surface area contributed by atoms with Gasteiger partial charge in [-0.15, -0.1) is 0 Å². The van der Waals surface area contributed by atoms with Crippen LogP contribution < -0.4 is 10.1 Å². The first-order valence-electron chi connectivity index (χ1n) is 6.99. The van der Waals surface area contributed by atoms with E-state index in [0.717, 1.165) is 12.0 Å². The van der Waals surface area contributed by atoms with E-state index >= 15 is 0 Å². The van der Waals surface area contributed by atoms with Crippen LogP contribution in [0.4, 0.5) is 0 Å². The van der Waals surface area contributed by atoms with Crippen LogP contribution in [0.2, 0.25) is 0 Å². The minimum Gasteiger partial charge on any atom is -0.480 e. The number of rotatable bonds is 6. The number of aryl methyl sites for hydroxylation is 1. The first-order valence-corrected chi connectivity index (χ1v) is 6.99. The van der Waals surface area contributed by atoms with Gasteiger partial charge in [-0.05, 0) is 51.8 Å². The summed E-state index contributed by atoms with van der Waals surface area (Å²) in [5, 5.41) is 12.0. The van der Waals surface area contributed by atoms with Crippen molar-refractivity contribution in [3.63, 3.8) is 0 Å². The molecule has 0 aliphatic rings. The summed E-state index contributed by atoms with van der Waals surface area (Å²) < 4.78 is 5.55. The Morgan fingerprint density at radius 2 is 2.00 bits per heavy atom. The number of carboxylic acids is 1. The van der Waals surface area contributed by atoms with Gasteiger partial charge >= 0.3 is 5.97 Å².